The van der Waals surface area contributed by atoms with Crippen LogP contribution >= 0.6 is 15.9 Å². The molecule has 0 fully saturated rings. The molecule has 1 heterocycles. The van der Waals surface area contributed by atoms with Gasteiger partial charge in [-0.25, -0.2) is 0 Å². The van der Waals surface area contributed by atoms with Crippen LogP contribution in [0.25, 0.3) is 10.9 Å². The molecule has 0 unspecified atom stereocenters. The molecule has 14 heavy (non-hydrogen) atoms. The molecule has 72 valence electrons. The van der Waals surface area contributed by atoms with Gasteiger partial charge in [-0.2, -0.15) is 0 Å². The van der Waals surface area contributed by atoms with Crippen molar-refractivity contribution in [3.05, 3.63) is 40.0 Å². The third kappa shape index (κ3) is 1.67. The summed E-state index contributed by atoms with van der Waals surface area (Å²) in [6.07, 6.45) is 1.06. The normalized spacial score (nSPS) is 10.8. The smallest absolute Gasteiger partial charge is 0.0847 e. The fourth-order valence-corrected chi connectivity index (χ4v) is 2.16. The van der Waals surface area contributed by atoms with Crippen LogP contribution in [0.4, 0.5) is 0 Å². The van der Waals surface area contributed by atoms with Crippen molar-refractivity contribution in [2.24, 2.45) is 0 Å². The summed E-state index contributed by atoms with van der Waals surface area (Å²) in [6, 6.07) is 8.52. The Morgan fingerprint density at radius 3 is 2.79 bits per heavy atom. The minimum absolute atomic E-state index is 1.06. The van der Waals surface area contributed by atoms with Crippen molar-refractivity contribution in [3.8, 4) is 0 Å². The van der Waals surface area contributed by atoms with Crippen LogP contribution in [0.2, 0.25) is 0 Å². The molecular weight excluding hydrogens is 238 g/mol. The van der Waals surface area contributed by atoms with Crippen molar-refractivity contribution in [2.75, 3.05) is 0 Å². The fourth-order valence-electron chi connectivity index (χ4n) is 1.55. The Bertz CT molecular complexity index is 477. The molecule has 0 amide bonds. The van der Waals surface area contributed by atoms with Gasteiger partial charge in [0.05, 0.1) is 5.52 Å². The van der Waals surface area contributed by atoms with Gasteiger partial charge in [0.15, 0.2) is 0 Å². The largest absolute Gasteiger partial charge is 0.252 e. The van der Waals surface area contributed by atoms with E-state index < -0.39 is 0 Å². The van der Waals surface area contributed by atoms with Crippen LogP contribution in [-0.2, 0) is 6.42 Å². The highest BCUT2D eigenvalue weighted by Crippen LogP contribution is 2.24. The van der Waals surface area contributed by atoms with Gasteiger partial charge in [-0.05, 0) is 53.0 Å². The Balaban J connectivity index is 2.76. The molecule has 0 saturated carbocycles. The van der Waals surface area contributed by atoms with Gasteiger partial charge >= 0.3 is 0 Å². The summed E-state index contributed by atoms with van der Waals surface area (Å²) in [5.74, 6) is 0. The summed E-state index contributed by atoms with van der Waals surface area (Å²) in [6.45, 7) is 4.18. The second-order valence-corrected chi connectivity index (χ2v) is 4.31. The van der Waals surface area contributed by atoms with Gasteiger partial charge in [-0.3, -0.25) is 4.98 Å². The Morgan fingerprint density at radius 1 is 1.29 bits per heavy atom. The molecule has 0 aliphatic rings. The maximum atomic E-state index is 4.50. The molecule has 0 saturated heterocycles. The average molecular weight is 250 g/mol. The van der Waals surface area contributed by atoms with E-state index >= 15 is 0 Å². The standard InChI is InChI=1S/C12H12BrN/c1-3-9-6-10-5-4-8(2)14-12(10)11(13)7-9/h4-7H,3H2,1-2H3. The zero-order chi connectivity index (χ0) is 10.1. The molecule has 2 heteroatoms. The van der Waals surface area contributed by atoms with Crippen LogP contribution in [-0.4, -0.2) is 4.98 Å². The van der Waals surface area contributed by atoms with E-state index in [-0.39, 0.29) is 0 Å². The first kappa shape index (κ1) is 9.66. The van der Waals surface area contributed by atoms with Gasteiger partial charge in [0, 0.05) is 15.6 Å². The molecule has 0 bridgehead atoms. The van der Waals surface area contributed by atoms with Crippen LogP contribution in [0.15, 0.2) is 28.7 Å². The molecular formula is C12H12BrN. The molecule has 0 spiro atoms. The van der Waals surface area contributed by atoms with Crippen molar-refractivity contribution in [2.45, 2.75) is 20.3 Å². The Hall–Kier alpha value is -0.890. The van der Waals surface area contributed by atoms with Gasteiger partial charge in [0.2, 0.25) is 0 Å². The topological polar surface area (TPSA) is 12.9 Å². The number of fused-ring (bicyclic) bond motifs is 1. The molecule has 1 aromatic carbocycles. The Labute approximate surface area is 92.3 Å². The SMILES string of the molecule is CCc1cc(Br)c2nc(C)ccc2c1. The molecule has 0 aliphatic carbocycles. The number of rotatable bonds is 1. The minimum atomic E-state index is 1.06. The van der Waals surface area contributed by atoms with E-state index in [4.69, 9.17) is 0 Å². The van der Waals surface area contributed by atoms with Crippen molar-refractivity contribution >= 4 is 26.8 Å². The number of aryl methyl sites for hydroxylation is 2. The van der Waals surface area contributed by atoms with Gasteiger partial charge in [0.1, 0.15) is 0 Å². The Kier molecular flexibility index (Phi) is 2.55. The van der Waals surface area contributed by atoms with E-state index in [1.165, 1.54) is 10.9 Å². The molecule has 0 aliphatic heterocycles. The monoisotopic (exact) mass is 249 g/mol. The first-order valence-electron chi connectivity index (χ1n) is 4.76. The lowest BCUT2D eigenvalue weighted by Crippen LogP contribution is -1.87. The lowest BCUT2D eigenvalue weighted by Gasteiger charge is -2.04. The van der Waals surface area contributed by atoms with Crippen LogP contribution in [0, 0.1) is 6.92 Å². The molecule has 2 rings (SSSR count). The maximum absolute atomic E-state index is 4.50. The second-order valence-electron chi connectivity index (χ2n) is 3.46. The number of aromatic nitrogens is 1. The maximum Gasteiger partial charge on any atom is 0.0847 e. The van der Waals surface area contributed by atoms with Crippen LogP contribution in [0.1, 0.15) is 18.2 Å². The quantitative estimate of drug-likeness (QED) is 0.748. The van der Waals surface area contributed by atoms with Gasteiger partial charge in [0.25, 0.3) is 0 Å². The average Bonchev–Trinajstić information content (AvgIpc) is 2.19. The van der Waals surface area contributed by atoms with Crippen LogP contribution in [0.3, 0.4) is 0 Å². The number of pyridine rings is 1. The number of halogens is 1. The highest BCUT2D eigenvalue weighted by atomic mass is 79.9. The fraction of sp³-hybridized carbons (Fsp3) is 0.250. The molecule has 1 aromatic heterocycles. The van der Waals surface area contributed by atoms with E-state index in [2.05, 4.69) is 46.0 Å². The van der Waals surface area contributed by atoms with E-state index in [0.29, 0.717) is 0 Å². The Morgan fingerprint density at radius 2 is 2.07 bits per heavy atom. The predicted molar refractivity (Wildman–Crippen MR) is 63.6 cm³/mol. The molecule has 2 aromatic rings. The minimum Gasteiger partial charge on any atom is -0.252 e. The van der Waals surface area contributed by atoms with Crippen LogP contribution in [0.5, 0.6) is 0 Å². The van der Waals surface area contributed by atoms with E-state index in [9.17, 15) is 0 Å². The summed E-state index contributed by atoms with van der Waals surface area (Å²) < 4.78 is 1.09. The molecule has 0 N–H and O–H groups in total. The number of nitrogens with zero attached hydrogens (tertiary/aromatic N) is 1. The first-order valence-corrected chi connectivity index (χ1v) is 5.56. The molecule has 0 radical (unpaired) electrons. The zero-order valence-corrected chi connectivity index (χ0v) is 9.93. The second kappa shape index (κ2) is 3.70. The summed E-state index contributed by atoms with van der Waals surface area (Å²) in [7, 11) is 0. The van der Waals surface area contributed by atoms with Crippen molar-refractivity contribution < 1.29 is 0 Å². The first-order chi connectivity index (χ1) is 6.70. The van der Waals surface area contributed by atoms with Crippen LogP contribution < -0.4 is 0 Å². The van der Waals surface area contributed by atoms with Crippen molar-refractivity contribution in [3.63, 3.8) is 0 Å². The van der Waals surface area contributed by atoms with E-state index in [1.807, 2.05) is 13.0 Å². The summed E-state index contributed by atoms with van der Waals surface area (Å²) in [5, 5.41) is 1.21. The van der Waals surface area contributed by atoms with Gasteiger partial charge < -0.3 is 0 Å². The van der Waals surface area contributed by atoms with E-state index in [1.54, 1.807) is 0 Å². The van der Waals surface area contributed by atoms with Gasteiger partial charge in [-0.15, -0.1) is 0 Å². The summed E-state index contributed by atoms with van der Waals surface area (Å²) in [4.78, 5) is 4.50. The van der Waals surface area contributed by atoms with Crippen molar-refractivity contribution in [1.29, 1.82) is 0 Å². The third-order valence-electron chi connectivity index (χ3n) is 2.35. The predicted octanol–water partition coefficient (Wildman–Crippen LogP) is 3.87. The summed E-state index contributed by atoms with van der Waals surface area (Å²) >= 11 is 3.56. The van der Waals surface area contributed by atoms with Gasteiger partial charge in [-0.1, -0.05) is 13.0 Å². The third-order valence-corrected chi connectivity index (χ3v) is 2.96. The molecule has 0 atom stereocenters. The highest BCUT2D eigenvalue weighted by molar-refractivity contribution is 9.10. The zero-order valence-electron chi connectivity index (χ0n) is 8.34. The lowest BCUT2D eigenvalue weighted by atomic mass is 10.1. The van der Waals surface area contributed by atoms with E-state index in [0.717, 1.165) is 22.1 Å². The van der Waals surface area contributed by atoms with Crippen molar-refractivity contribution in [1.82, 2.24) is 4.98 Å². The molecule has 1 nitrogen and oxygen atoms in total. The summed E-state index contributed by atoms with van der Waals surface area (Å²) in [5.41, 5.74) is 3.46. The highest BCUT2D eigenvalue weighted by Gasteiger charge is 2.02. The number of hydrogen-bond donors (Lipinski definition) is 0. The number of hydrogen-bond acceptors (Lipinski definition) is 1. The number of benzene rings is 1. The lowest BCUT2D eigenvalue weighted by molar-refractivity contribution is 1.14.